The molecule has 0 bridgehead atoms. The highest BCUT2D eigenvalue weighted by Gasteiger charge is 2.34. The van der Waals surface area contributed by atoms with Gasteiger partial charge in [0.15, 0.2) is 0 Å². The Morgan fingerprint density at radius 3 is 1.14 bits per heavy atom. The van der Waals surface area contributed by atoms with E-state index in [9.17, 15) is 19.5 Å². The lowest BCUT2D eigenvalue weighted by Gasteiger charge is -2.25. The monoisotopic (exact) mass is 503 g/mol. The molecular formula is C27H53NO7. The van der Waals surface area contributed by atoms with E-state index in [2.05, 4.69) is 28.1 Å². The number of nitrogens with zero attached hydrogens (tertiary/aromatic N) is 1. The number of carbonyl (C=O) groups is 3. The highest BCUT2D eigenvalue weighted by atomic mass is 16.4. The molecule has 8 heteroatoms. The Hall–Kier alpha value is -1.67. The summed E-state index contributed by atoms with van der Waals surface area (Å²) in [4.78, 5) is 30.3. The highest BCUT2D eigenvalue weighted by molar-refractivity contribution is 5.86. The third-order valence-electron chi connectivity index (χ3n) is 5.95. The van der Waals surface area contributed by atoms with Crippen LogP contribution in [0.3, 0.4) is 0 Å². The van der Waals surface area contributed by atoms with E-state index >= 15 is 0 Å². The molecule has 35 heavy (non-hydrogen) atoms. The highest BCUT2D eigenvalue weighted by Crippen LogP contribution is 2.15. The summed E-state index contributed by atoms with van der Waals surface area (Å²) in [6, 6.07) is 0. The fourth-order valence-electron chi connectivity index (χ4n) is 3.84. The third-order valence-corrected chi connectivity index (χ3v) is 5.95. The molecule has 0 amide bonds. The van der Waals surface area contributed by atoms with Crippen LogP contribution in [-0.2, 0) is 14.4 Å². The van der Waals surface area contributed by atoms with Gasteiger partial charge in [-0.1, -0.05) is 96.8 Å². The minimum Gasteiger partial charge on any atom is -0.547 e. The molecule has 8 nitrogen and oxygen atoms in total. The Morgan fingerprint density at radius 1 is 0.629 bits per heavy atom. The summed E-state index contributed by atoms with van der Waals surface area (Å²) in [6.45, 7) is 3.63. The van der Waals surface area contributed by atoms with Crippen LogP contribution >= 0.6 is 0 Å². The predicted octanol–water partition coefficient (Wildman–Crippen LogP) is 4.37. The molecule has 3 N–H and O–H groups in total. The van der Waals surface area contributed by atoms with E-state index in [-0.39, 0.29) is 0 Å². The molecule has 208 valence electrons. The van der Waals surface area contributed by atoms with Crippen molar-refractivity contribution in [1.82, 2.24) is 0 Å². The topological polar surface area (TPSA) is 135 Å². The lowest BCUT2D eigenvalue weighted by atomic mass is 9.96. The Balaban J connectivity index is 0. The van der Waals surface area contributed by atoms with Crippen molar-refractivity contribution in [3.8, 4) is 0 Å². The van der Waals surface area contributed by atoms with E-state index in [1.54, 1.807) is 0 Å². The number of rotatable bonds is 22. The van der Waals surface area contributed by atoms with Gasteiger partial charge in [0.1, 0.15) is 5.60 Å². The number of hydrogen-bond acceptors (Lipinski definition) is 5. The molecule has 0 rings (SSSR count). The van der Waals surface area contributed by atoms with Gasteiger partial charge in [0, 0.05) is 0 Å². The average Bonchev–Trinajstić information content (AvgIpc) is 2.72. The van der Waals surface area contributed by atoms with Gasteiger partial charge in [-0.25, -0.2) is 0 Å². The number of carboxylic acid groups (broad SMARTS) is 3. The molecule has 0 aliphatic heterocycles. The molecular weight excluding hydrogens is 450 g/mol. The Kier molecular flexibility index (Phi) is 21.9. The summed E-state index contributed by atoms with van der Waals surface area (Å²) in [6.07, 6.45) is 20.9. The van der Waals surface area contributed by atoms with Gasteiger partial charge in [0.05, 0.1) is 46.5 Å². The first-order valence-electron chi connectivity index (χ1n) is 13.5. The predicted molar refractivity (Wildman–Crippen MR) is 137 cm³/mol. The van der Waals surface area contributed by atoms with Crippen LogP contribution in [0.2, 0.25) is 0 Å². The van der Waals surface area contributed by atoms with E-state index in [1.165, 1.54) is 109 Å². The van der Waals surface area contributed by atoms with Crippen molar-refractivity contribution < 1.29 is 39.3 Å². The molecule has 0 saturated heterocycles. The smallest absolute Gasteiger partial charge is 0.306 e. The number of hydrogen-bond donors (Lipinski definition) is 3. The molecule has 0 saturated carbocycles. The molecule has 0 aliphatic carbocycles. The first-order valence-corrected chi connectivity index (χ1v) is 13.5. The number of aliphatic carboxylic acids is 3. The first-order chi connectivity index (χ1) is 16.3. The van der Waals surface area contributed by atoms with E-state index < -0.39 is 36.4 Å². The summed E-state index contributed by atoms with van der Waals surface area (Å²) >= 11 is 0. The SMILES string of the molecule is CCCCCCCCCCCCCCCCCC[N+](C)(C)C.O=C(O)CC(O)(CC(=O)O)C(=O)[O-]. The molecule has 0 radical (unpaired) electrons. The second kappa shape index (κ2) is 21.6. The largest absolute Gasteiger partial charge is 0.547 e. The molecule has 0 unspecified atom stereocenters. The van der Waals surface area contributed by atoms with Crippen molar-refractivity contribution in [3.05, 3.63) is 0 Å². The zero-order chi connectivity index (χ0) is 27.2. The number of carboxylic acids is 3. The maximum Gasteiger partial charge on any atom is 0.306 e. The Morgan fingerprint density at radius 2 is 0.914 bits per heavy atom. The molecule has 0 spiro atoms. The van der Waals surface area contributed by atoms with E-state index in [0.717, 1.165) is 4.48 Å². The van der Waals surface area contributed by atoms with Crippen molar-refractivity contribution in [2.75, 3.05) is 27.7 Å². The summed E-state index contributed by atoms with van der Waals surface area (Å²) in [5.41, 5.74) is -2.85. The Labute approximate surface area is 213 Å². The van der Waals surface area contributed by atoms with E-state index in [0.29, 0.717) is 0 Å². The second-order valence-corrected chi connectivity index (χ2v) is 10.8. The van der Waals surface area contributed by atoms with Crippen molar-refractivity contribution in [2.45, 2.75) is 128 Å². The van der Waals surface area contributed by atoms with Crippen LogP contribution in [0.15, 0.2) is 0 Å². The molecule has 0 aliphatic rings. The van der Waals surface area contributed by atoms with Crippen molar-refractivity contribution >= 4 is 17.9 Å². The van der Waals surface area contributed by atoms with Crippen molar-refractivity contribution in [2.24, 2.45) is 0 Å². The standard InChI is InChI=1S/C21H46N.C6H8O7/c1-5-6-7-8-9-10-11-12-13-14-15-16-17-18-19-20-21-22(2,3)4;7-3(8)1-6(13,5(11)12)2-4(9)10/h5-21H2,1-4H3;13H,1-2H2,(H,7,8)(H,9,10)(H,11,12)/q+1;/p-1. The average molecular weight is 504 g/mol. The Bertz CT molecular complexity index is 542. The molecule has 0 aromatic carbocycles. The number of quaternary nitrogens is 1. The normalized spacial score (nSPS) is 11.6. The van der Waals surface area contributed by atoms with Crippen LogP contribution in [0.5, 0.6) is 0 Å². The first kappa shape index (κ1) is 35.5. The summed E-state index contributed by atoms with van der Waals surface area (Å²) in [7, 11) is 6.89. The van der Waals surface area contributed by atoms with Gasteiger partial charge < -0.3 is 29.7 Å². The summed E-state index contributed by atoms with van der Waals surface area (Å²) in [5, 5.41) is 35.5. The fourth-order valence-corrected chi connectivity index (χ4v) is 3.84. The van der Waals surface area contributed by atoms with Crippen LogP contribution in [0.25, 0.3) is 0 Å². The van der Waals surface area contributed by atoms with Crippen molar-refractivity contribution in [1.29, 1.82) is 0 Å². The summed E-state index contributed by atoms with van der Waals surface area (Å²) < 4.78 is 1.12. The van der Waals surface area contributed by atoms with Crippen molar-refractivity contribution in [3.63, 3.8) is 0 Å². The van der Waals surface area contributed by atoms with Gasteiger partial charge in [-0.2, -0.15) is 0 Å². The fraction of sp³-hybridized carbons (Fsp3) is 0.889. The third kappa shape index (κ3) is 26.8. The van der Waals surface area contributed by atoms with E-state index in [1.807, 2.05) is 0 Å². The van der Waals surface area contributed by atoms with Crippen LogP contribution in [0.4, 0.5) is 0 Å². The zero-order valence-corrected chi connectivity index (χ0v) is 22.9. The second-order valence-electron chi connectivity index (χ2n) is 10.8. The number of aliphatic hydroxyl groups is 1. The summed E-state index contributed by atoms with van der Waals surface area (Å²) in [5.74, 6) is -5.35. The maximum atomic E-state index is 10.2. The molecule has 0 atom stereocenters. The van der Waals surface area contributed by atoms with Gasteiger partial charge in [-0.15, -0.1) is 0 Å². The number of unbranched alkanes of at least 4 members (excludes halogenated alkanes) is 15. The van der Waals surface area contributed by atoms with Gasteiger partial charge in [0.2, 0.25) is 0 Å². The van der Waals surface area contributed by atoms with E-state index in [4.69, 9.17) is 15.3 Å². The minimum atomic E-state index is -2.85. The van der Waals surface area contributed by atoms with Crippen LogP contribution < -0.4 is 5.11 Å². The zero-order valence-electron chi connectivity index (χ0n) is 22.9. The maximum absolute atomic E-state index is 10.2. The van der Waals surface area contributed by atoms with Gasteiger partial charge >= 0.3 is 11.9 Å². The van der Waals surface area contributed by atoms with Gasteiger partial charge in [-0.05, 0) is 12.8 Å². The lowest BCUT2D eigenvalue weighted by molar-refractivity contribution is -0.870. The lowest BCUT2D eigenvalue weighted by Crippen LogP contribution is -2.51. The molecule has 0 aromatic rings. The molecule has 0 aromatic heterocycles. The van der Waals surface area contributed by atoms with Crippen LogP contribution in [0, 0.1) is 0 Å². The minimum absolute atomic E-state index is 1.12. The molecule has 0 heterocycles. The molecule has 0 fully saturated rings. The van der Waals surface area contributed by atoms with Crippen LogP contribution in [0.1, 0.15) is 122 Å². The van der Waals surface area contributed by atoms with Gasteiger partial charge in [0.25, 0.3) is 0 Å². The number of carbonyl (C=O) groups excluding carboxylic acids is 1. The quantitative estimate of drug-likeness (QED) is 0.147. The van der Waals surface area contributed by atoms with Crippen LogP contribution in [-0.4, -0.2) is 71.0 Å². The van der Waals surface area contributed by atoms with Gasteiger partial charge in [-0.3, -0.25) is 9.59 Å².